The highest BCUT2D eigenvalue weighted by Gasteiger charge is 2.17. The molecule has 7 heteroatoms. The van der Waals surface area contributed by atoms with E-state index in [-0.39, 0.29) is 17.9 Å². The van der Waals surface area contributed by atoms with E-state index in [2.05, 4.69) is 10.6 Å². The van der Waals surface area contributed by atoms with E-state index in [0.29, 0.717) is 26.3 Å². The van der Waals surface area contributed by atoms with Crippen molar-refractivity contribution in [2.45, 2.75) is 46.0 Å². The Morgan fingerprint density at radius 3 is 1.57 bits per heavy atom. The zero-order valence-corrected chi connectivity index (χ0v) is 13.6. The van der Waals surface area contributed by atoms with Crippen molar-refractivity contribution in [2.75, 3.05) is 33.4 Å². The summed E-state index contributed by atoms with van der Waals surface area (Å²) in [7, 11) is 1.53. The van der Waals surface area contributed by atoms with Crippen molar-refractivity contribution in [3.8, 4) is 0 Å². The van der Waals surface area contributed by atoms with Crippen LogP contribution in [0.3, 0.4) is 0 Å². The number of hydrogen-bond acceptors (Lipinski definition) is 5. The summed E-state index contributed by atoms with van der Waals surface area (Å²) >= 11 is 0. The van der Waals surface area contributed by atoms with E-state index in [1.54, 1.807) is 13.8 Å². The summed E-state index contributed by atoms with van der Waals surface area (Å²) in [5.41, 5.74) is 0. The maximum Gasteiger partial charge on any atom is 0.248 e. The molecule has 2 amide bonds. The van der Waals surface area contributed by atoms with E-state index in [9.17, 15) is 9.59 Å². The number of ether oxygens (including phenoxy) is 3. The zero-order valence-electron chi connectivity index (χ0n) is 13.6. The minimum absolute atomic E-state index is 0.201. The highest BCUT2D eigenvalue weighted by atomic mass is 16.5. The second-order valence-corrected chi connectivity index (χ2v) is 4.54. The van der Waals surface area contributed by atoms with Crippen LogP contribution < -0.4 is 10.6 Å². The molecule has 0 heterocycles. The lowest BCUT2D eigenvalue weighted by molar-refractivity contribution is -0.132. The third-order valence-corrected chi connectivity index (χ3v) is 2.91. The van der Waals surface area contributed by atoms with Crippen LogP contribution in [0.1, 0.15) is 27.7 Å². The molecule has 0 aromatic rings. The second kappa shape index (κ2) is 11.5. The van der Waals surface area contributed by atoms with Crippen molar-refractivity contribution < 1.29 is 23.8 Å². The first-order valence-electron chi connectivity index (χ1n) is 7.27. The van der Waals surface area contributed by atoms with Crippen molar-refractivity contribution in [1.82, 2.24) is 10.6 Å². The molecule has 0 unspecified atom stereocenters. The third-order valence-electron chi connectivity index (χ3n) is 2.91. The summed E-state index contributed by atoms with van der Waals surface area (Å²) in [6.07, 6.45) is -1.30. The van der Waals surface area contributed by atoms with Crippen LogP contribution in [-0.4, -0.2) is 63.5 Å². The molecule has 0 saturated heterocycles. The summed E-state index contributed by atoms with van der Waals surface area (Å²) in [4.78, 5) is 23.4. The van der Waals surface area contributed by atoms with Gasteiger partial charge in [-0.1, -0.05) is 0 Å². The summed E-state index contributed by atoms with van der Waals surface area (Å²) in [5.74, 6) is -0.402. The van der Waals surface area contributed by atoms with Gasteiger partial charge in [0.2, 0.25) is 11.8 Å². The molecule has 0 fully saturated rings. The van der Waals surface area contributed by atoms with Gasteiger partial charge in [0.25, 0.3) is 0 Å². The number of hydrogen-bond donors (Lipinski definition) is 2. The fourth-order valence-electron chi connectivity index (χ4n) is 1.61. The van der Waals surface area contributed by atoms with E-state index < -0.39 is 12.2 Å². The Hall–Kier alpha value is -1.18. The smallest absolute Gasteiger partial charge is 0.248 e. The molecular formula is C14H28N2O5. The van der Waals surface area contributed by atoms with E-state index in [1.165, 1.54) is 7.11 Å². The van der Waals surface area contributed by atoms with Gasteiger partial charge in [0, 0.05) is 33.4 Å². The van der Waals surface area contributed by atoms with Gasteiger partial charge < -0.3 is 24.8 Å². The second-order valence-electron chi connectivity index (χ2n) is 4.54. The van der Waals surface area contributed by atoms with Gasteiger partial charge in [-0.25, -0.2) is 0 Å². The van der Waals surface area contributed by atoms with Crippen molar-refractivity contribution in [2.24, 2.45) is 0 Å². The molecule has 7 nitrogen and oxygen atoms in total. The summed E-state index contributed by atoms with van der Waals surface area (Å²) in [5, 5.41) is 5.45. The van der Waals surface area contributed by atoms with E-state index in [1.807, 2.05) is 13.8 Å². The Kier molecular flexibility index (Phi) is 10.8. The van der Waals surface area contributed by atoms with Gasteiger partial charge in [-0.3, -0.25) is 9.59 Å². The van der Waals surface area contributed by atoms with Crippen LogP contribution in [0.4, 0.5) is 0 Å². The van der Waals surface area contributed by atoms with Gasteiger partial charge >= 0.3 is 0 Å². The average Bonchev–Trinajstić information content (AvgIpc) is 2.47. The van der Waals surface area contributed by atoms with Crippen molar-refractivity contribution in [3.63, 3.8) is 0 Å². The Balaban J connectivity index is 4.06. The first-order chi connectivity index (χ1) is 9.96. The standard InChI is InChI=1S/C14H28N2O5/c1-6-20-10(3)13(17)15-8-12(19-5)9-16-14(18)11(4)21-7-2/h10-12H,6-9H2,1-5H3,(H,15,17)(H,16,18)/t10-,11-/m1/s1. The first-order valence-corrected chi connectivity index (χ1v) is 7.27. The van der Waals surface area contributed by atoms with Crippen LogP contribution in [0, 0.1) is 0 Å². The number of nitrogens with one attached hydrogen (secondary N) is 2. The molecule has 0 saturated carbocycles. The molecular weight excluding hydrogens is 276 g/mol. The van der Waals surface area contributed by atoms with Crippen LogP contribution in [0.2, 0.25) is 0 Å². The average molecular weight is 304 g/mol. The molecule has 124 valence electrons. The molecule has 0 aliphatic heterocycles. The van der Waals surface area contributed by atoms with Crippen molar-refractivity contribution in [3.05, 3.63) is 0 Å². The molecule has 0 aromatic heterocycles. The monoisotopic (exact) mass is 304 g/mol. The Morgan fingerprint density at radius 1 is 0.905 bits per heavy atom. The Bertz CT molecular complexity index is 284. The van der Waals surface area contributed by atoms with Gasteiger partial charge in [-0.15, -0.1) is 0 Å². The SMILES string of the molecule is CCO[C@H](C)C(=O)NCC(CNC(=O)[C@@H](C)OCC)OC. The van der Waals surface area contributed by atoms with Crippen LogP contribution in [-0.2, 0) is 23.8 Å². The largest absolute Gasteiger partial charge is 0.378 e. The lowest BCUT2D eigenvalue weighted by Crippen LogP contribution is -2.45. The molecule has 0 aliphatic rings. The number of rotatable bonds is 11. The lowest BCUT2D eigenvalue weighted by Gasteiger charge is -2.19. The Morgan fingerprint density at radius 2 is 1.29 bits per heavy atom. The van der Waals surface area contributed by atoms with Gasteiger partial charge in [-0.2, -0.15) is 0 Å². The summed E-state index contributed by atoms with van der Waals surface area (Å²) < 4.78 is 15.6. The van der Waals surface area contributed by atoms with Crippen LogP contribution >= 0.6 is 0 Å². The number of carbonyl (C=O) groups excluding carboxylic acids is 2. The van der Waals surface area contributed by atoms with Gasteiger partial charge in [0.05, 0.1) is 6.10 Å². The predicted molar refractivity (Wildman–Crippen MR) is 79.0 cm³/mol. The van der Waals surface area contributed by atoms with Crippen LogP contribution in [0.25, 0.3) is 0 Å². The molecule has 21 heavy (non-hydrogen) atoms. The maximum atomic E-state index is 11.7. The Labute approximate surface area is 126 Å². The summed E-state index contributed by atoms with van der Waals surface area (Å²) in [6.45, 7) is 8.60. The third kappa shape index (κ3) is 8.64. The lowest BCUT2D eigenvalue weighted by atomic mass is 10.3. The summed E-state index contributed by atoms with van der Waals surface area (Å²) in [6, 6.07) is 0. The minimum Gasteiger partial charge on any atom is -0.378 e. The van der Waals surface area contributed by atoms with E-state index in [4.69, 9.17) is 14.2 Å². The fraction of sp³-hybridized carbons (Fsp3) is 0.857. The molecule has 0 aromatic carbocycles. The molecule has 2 atom stereocenters. The zero-order chi connectivity index (χ0) is 16.3. The highest BCUT2D eigenvalue weighted by molar-refractivity contribution is 5.81. The minimum atomic E-state index is -0.500. The maximum absolute atomic E-state index is 11.7. The van der Waals surface area contributed by atoms with Crippen molar-refractivity contribution in [1.29, 1.82) is 0 Å². The topological polar surface area (TPSA) is 85.9 Å². The van der Waals surface area contributed by atoms with Gasteiger partial charge in [0.15, 0.2) is 0 Å². The number of carbonyl (C=O) groups is 2. The quantitative estimate of drug-likeness (QED) is 0.565. The van der Waals surface area contributed by atoms with Crippen molar-refractivity contribution >= 4 is 11.8 Å². The van der Waals surface area contributed by atoms with E-state index in [0.717, 1.165) is 0 Å². The molecule has 0 spiro atoms. The first kappa shape index (κ1) is 19.8. The molecule has 2 N–H and O–H groups in total. The fourth-order valence-corrected chi connectivity index (χ4v) is 1.61. The molecule has 0 radical (unpaired) electrons. The molecule has 0 aliphatic carbocycles. The van der Waals surface area contributed by atoms with Crippen LogP contribution in [0.5, 0.6) is 0 Å². The molecule has 0 rings (SSSR count). The highest BCUT2D eigenvalue weighted by Crippen LogP contribution is 1.94. The predicted octanol–water partition coefficient (Wildman–Crippen LogP) is 0.0838. The van der Waals surface area contributed by atoms with E-state index >= 15 is 0 Å². The number of methoxy groups -OCH3 is 1. The normalized spacial score (nSPS) is 13.8. The molecule has 0 bridgehead atoms. The van der Waals surface area contributed by atoms with Gasteiger partial charge in [-0.05, 0) is 27.7 Å². The van der Waals surface area contributed by atoms with Gasteiger partial charge in [0.1, 0.15) is 12.2 Å². The number of amides is 2. The van der Waals surface area contributed by atoms with Crippen LogP contribution in [0.15, 0.2) is 0 Å².